The first-order chi connectivity index (χ1) is 17.7. The molecule has 0 spiro atoms. The van der Waals surface area contributed by atoms with E-state index in [0.717, 1.165) is 17.3 Å². The Morgan fingerprint density at radius 2 is 1.95 bits per heavy atom. The van der Waals surface area contributed by atoms with Gasteiger partial charge in [0.2, 0.25) is 10.0 Å². The van der Waals surface area contributed by atoms with Crippen LogP contribution in [0.15, 0.2) is 66.0 Å². The van der Waals surface area contributed by atoms with Crippen LogP contribution in [-0.2, 0) is 21.4 Å². The molecule has 5 N–H and O–H groups in total. The smallest absolute Gasteiger partial charge is 0.323 e. The molecule has 37 heavy (non-hydrogen) atoms. The summed E-state index contributed by atoms with van der Waals surface area (Å²) >= 11 is 5.78. The maximum absolute atomic E-state index is 12.7. The van der Waals surface area contributed by atoms with Gasteiger partial charge in [-0.3, -0.25) is 14.3 Å². The summed E-state index contributed by atoms with van der Waals surface area (Å²) in [5.41, 5.74) is 1.13. The van der Waals surface area contributed by atoms with Crippen molar-refractivity contribution in [2.75, 3.05) is 18.4 Å². The minimum Gasteiger partial charge on any atom is -0.480 e. The van der Waals surface area contributed by atoms with Crippen LogP contribution in [0, 0.1) is 0 Å². The third kappa shape index (κ3) is 6.64. The first-order valence-corrected chi connectivity index (χ1v) is 13.1. The van der Waals surface area contributed by atoms with Gasteiger partial charge in [0.1, 0.15) is 6.04 Å². The molecule has 0 unspecified atom stereocenters. The zero-order valence-corrected chi connectivity index (χ0v) is 21.0. The lowest BCUT2D eigenvalue weighted by Crippen LogP contribution is -2.48. The number of hydrogen-bond donors (Lipinski definition) is 5. The van der Waals surface area contributed by atoms with Crippen LogP contribution in [0.1, 0.15) is 16.8 Å². The molecule has 1 atom stereocenters. The molecule has 0 fully saturated rings. The highest BCUT2D eigenvalue weighted by molar-refractivity contribution is 7.89. The van der Waals surface area contributed by atoms with E-state index in [1.807, 2.05) is 4.68 Å². The molecule has 0 saturated carbocycles. The van der Waals surface area contributed by atoms with Crippen molar-refractivity contribution in [1.82, 2.24) is 29.8 Å². The van der Waals surface area contributed by atoms with Gasteiger partial charge in [-0.1, -0.05) is 11.6 Å². The van der Waals surface area contributed by atoms with Gasteiger partial charge in [-0.2, -0.15) is 9.82 Å². The summed E-state index contributed by atoms with van der Waals surface area (Å²) in [6.45, 7) is 0.889. The molecular weight excluding hydrogens is 522 g/mol. The van der Waals surface area contributed by atoms with Crippen molar-refractivity contribution in [3.8, 4) is 0 Å². The highest BCUT2D eigenvalue weighted by Crippen LogP contribution is 2.17. The Morgan fingerprint density at radius 3 is 2.65 bits per heavy atom. The number of halogens is 1. The van der Waals surface area contributed by atoms with E-state index in [0.29, 0.717) is 24.1 Å². The standard InChI is InChI=1S/C23H24ClN7O5S/c24-17-3-5-18(6-4-17)37(35,36)30-19(22(33)34)14-28-21(32)15-2-7-20-16(12-15)13-29-31(20)11-1-8-25-23-26-9-10-27-23/h2-7,9-10,12-13,19,30H,1,8,11,14H2,(H,28,32)(H,33,34)(H2,25,26,27)/t19-/m0/s1. The summed E-state index contributed by atoms with van der Waals surface area (Å²) in [6.07, 6.45) is 5.84. The van der Waals surface area contributed by atoms with Crippen molar-refractivity contribution in [1.29, 1.82) is 0 Å². The van der Waals surface area contributed by atoms with Gasteiger partial charge in [-0.15, -0.1) is 0 Å². The second-order valence-corrected chi connectivity index (χ2v) is 10.2. The van der Waals surface area contributed by atoms with Crippen molar-refractivity contribution in [2.24, 2.45) is 0 Å². The zero-order valence-electron chi connectivity index (χ0n) is 19.4. The summed E-state index contributed by atoms with van der Waals surface area (Å²) in [7, 11) is -4.14. The Labute approximate surface area is 217 Å². The van der Waals surface area contributed by atoms with Crippen LogP contribution in [0.25, 0.3) is 10.9 Å². The van der Waals surface area contributed by atoms with Crippen LogP contribution >= 0.6 is 11.6 Å². The van der Waals surface area contributed by atoms with Gasteiger partial charge in [0, 0.05) is 48.0 Å². The molecule has 0 aliphatic rings. The molecule has 194 valence electrons. The number of carboxylic acids is 1. The van der Waals surface area contributed by atoms with Gasteiger partial charge in [-0.25, -0.2) is 13.4 Å². The fourth-order valence-electron chi connectivity index (χ4n) is 3.55. The number of fused-ring (bicyclic) bond motifs is 1. The monoisotopic (exact) mass is 545 g/mol. The van der Waals surface area contributed by atoms with Gasteiger partial charge in [0.15, 0.2) is 5.95 Å². The quantitative estimate of drug-likeness (QED) is 0.168. The Hall–Kier alpha value is -3.94. The lowest BCUT2D eigenvalue weighted by atomic mass is 10.1. The van der Waals surface area contributed by atoms with Gasteiger partial charge in [-0.05, 0) is 48.9 Å². The van der Waals surface area contributed by atoms with Crippen molar-refractivity contribution in [2.45, 2.75) is 23.9 Å². The zero-order chi connectivity index (χ0) is 26.4. The molecule has 14 heteroatoms. The number of nitrogens with one attached hydrogen (secondary N) is 4. The number of aryl methyl sites for hydroxylation is 1. The van der Waals surface area contributed by atoms with Crippen LogP contribution in [-0.4, -0.2) is 64.3 Å². The first-order valence-electron chi connectivity index (χ1n) is 11.2. The third-order valence-corrected chi connectivity index (χ3v) is 7.17. The Morgan fingerprint density at radius 1 is 1.16 bits per heavy atom. The van der Waals surface area contributed by atoms with E-state index < -0.39 is 34.5 Å². The minimum atomic E-state index is -4.14. The van der Waals surface area contributed by atoms with E-state index >= 15 is 0 Å². The van der Waals surface area contributed by atoms with Gasteiger partial charge in [0.05, 0.1) is 16.6 Å². The maximum atomic E-state index is 12.7. The van der Waals surface area contributed by atoms with Crippen LogP contribution in [0.5, 0.6) is 0 Å². The first kappa shape index (κ1) is 26.1. The lowest BCUT2D eigenvalue weighted by molar-refractivity contribution is -0.138. The van der Waals surface area contributed by atoms with Gasteiger partial charge in [0.25, 0.3) is 5.91 Å². The molecule has 12 nitrogen and oxygen atoms in total. The summed E-state index contributed by atoms with van der Waals surface area (Å²) < 4.78 is 29.0. The van der Waals surface area contributed by atoms with Gasteiger partial charge < -0.3 is 20.7 Å². The van der Waals surface area contributed by atoms with E-state index in [-0.39, 0.29) is 10.5 Å². The number of carbonyl (C=O) groups is 2. The van der Waals surface area contributed by atoms with Gasteiger partial charge >= 0.3 is 5.97 Å². The lowest BCUT2D eigenvalue weighted by Gasteiger charge is -2.16. The number of nitrogens with zero attached hydrogens (tertiary/aromatic N) is 3. The number of aliphatic carboxylic acids is 1. The molecule has 0 aliphatic carbocycles. The molecular formula is C23H24ClN7O5S. The maximum Gasteiger partial charge on any atom is 0.323 e. The summed E-state index contributed by atoms with van der Waals surface area (Å²) in [5, 5.41) is 20.6. The highest BCUT2D eigenvalue weighted by atomic mass is 35.5. The number of imidazole rings is 1. The molecule has 0 aliphatic heterocycles. The number of aromatic amines is 1. The second kappa shape index (κ2) is 11.4. The molecule has 4 rings (SSSR count). The average molecular weight is 546 g/mol. The summed E-state index contributed by atoms with van der Waals surface area (Å²) in [5.74, 6) is -1.28. The van der Waals surface area contributed by atoms with Crippen molar-refractivity contribution in [3.63, 3.8) is 0 Å². The predicted octanol–water partition coefficient (Wildman–Crippen LogP) is 2.08. The number of aromatic nitrogens is 4. The second-order valence-electron chi connectivity index (χ2n) is 8.04. The number of amides is 1. The molecule has 2 aromatic carbocycles. The largest absolute Gasteiger partial charge is 0.480 e. The number of sulfonamides is 1. The Kier molecular flexibility index (Phi) is 8.06. The molecule has 4 aromatic rings. The number of hydrogen-bond acceptors (Lipinski definition) is 7. The molecule has 0 bridgehead atoms. The molecule has 2 heterocycles. The molecule has 1 amide bonds. The third-order valence-electron chi connectivity index (χ3n) is 5.43. The molecule has 2 aromatic heterocycles. The summed E-state index contributed by atoms with van der Waals surface area (Å²) in [4.78, 5) is 31.2. The number of rotatable bonds is 12. The van der Waals surface area contributed by atoms with E-state index in [4.69, 9.17) is 11.6 Å². The molecule has 0 saturated heterocycles. The van der Waals surface area contributed by atoms with E-state index in [1.54, 1.807) is 36.8 Å². The number of carbonyl (C=O) groups excluding carboxylic acids is 1. The van der Waals surface area contributed by atoms with Crippen molar-refractivity contribution in [3.05, 3.63) is 71.6 Å². The van der Waals surface area contributed by atoms with Crippen LogP contribution in [0.4, 0.5) is 5.95 Å². The average Bonchev–Trinajstić information content (AvgIpc) is 3.54. The highest BCUT2D eigenvalue weighted by Gasteiger charge is 2.26. The Balaban J connectivity index is 1.35. The number of carboxylic acid groups (broad SMARTS) is 1. The van der Waals surface area contributed by atoms with Crippen molar-refractivity contribution >= 4 is 50.4 Å². The number of anilines is 1. The van der Waals surface area contributed by atoms with E-state index in [2.05, 4.69) is 30.4 Å². The topological polar surface area (TPSA) is 171 Å². The summed E-state index contributed by atoms with van der Waals surface area (Å²) in [6, 6.07) is 8.70. The predicted molar refractivity (Wildman–Crippen MR) is 137 cm³/mol. The number of H-pyrrole nitrogens is 1. The van der Waals surface area contributed by atoms with Crippen LogP contribution in [0.3, 0.4) is 0 Å². The SMILES string of the molecule is O=C(NC[C@H](NS(=O)(=O)c1ccc(Cl)cc1)C(=O)O)c1ccc2c(cnn2CCCNc2ncc[nH]2)c1. The Bertz CT molecular complexity index is 1490. The van der Waals surface area contributed by atoms with Crippen LogP contribution < -0.4 is 15.4 Å². The van der Waals surface area contributed by atoms with Crippen molar-refractivity contribution < 1.29 is 23.1 Å². The fraction of sp³-hybridized carbons (Fsp3) is 0.217. The fourth-order valence-corrected chi connectivity index (χ4v) is 4.86. The van der Waals surface area contributed by atoms with E-state index in [9.17, 15) is 23.1 Å². The normalized spacial score (nSPS) is 12.4. The number of benzene rings is 2. The van der Waals surface area contributed by atoms with Crippen LogP contribution in [0.2, 0.25) is 5.02 Å². The minimum absolute atomic E-state index is 0.145. The molecule has 0 radical (unpaired) electrons. The van der Waals surface area contributed by atoms with E-state index in [1.165, 1.54) is 24.3 Å².